The molecule has 1 aromatic rings. The Morgan fingerprint density at radius 3 is 2.79 bits per heavy atom. The molecule has 7 nitrogen and oxygen atoms in total. The molecule has 0 amide bonds. The Hall–Kier alpha value is -1.63. The molecule has 0 unspecified atom stereocenters. The summed E-state index contributed by atoms with van der Waals surface area (Å²) in [6.45, 7) is 1.34. The van der Waals surface area contributed by atoms with Gasteiger partial charge >= 0.3 is 11.8 Å². The number of nitro groups is 1. The molecule has 14 heavy (non-hydrogen) atoms. The van der Waals surface area contributed by atoms with Crippen molar-refractivity contribution in [2.45, 2.75) is 13.0 Å². The minimum Gasteiger partial charge on any atom is -0.480 e. The summed E-state index contributed by atoms with van der Waals surface area (Å²) in [4.78, 5) is 20.1. The third-order valence-electron chi connectivity index (χ3n) is 1.60. The zero-order valence-electron chi connectivity index (χ0n) is 7.05. The molecule has 1 N–H and O–H groups in total. The summed E-state index contributed by atoms with van der Waals surface area (Å²) in [5.41, 5.74) is 0. The number of rotatable bonds is 3. The fraction of sp³-hybridized carbons (Fsp3) is 0.333. The summed E-state index contributed by atoms with van der Waals surface area (Å²) < 4.78 is 0.933. The Labute approximate surface area is 83.0 Å². The first-order chi connectivity index (χ1) is 6.43. The second kappa shape index (κ2) is 3.62. The minimum atomic E-state index is -1.14. The fourth-order valence-electron chi connectivity index (χ4n) is 0.795. The van der Waals surface area contributed by atoms with Gasteiger partial charge in [-0.1, -0.05) is 11.6 Å². The Morgan fingerprint density at radius 1 is 1.86 bits per heavy atom. The van der Waals surface area contributed by atoms with E-state index in [9.17, 15) is 14.9 Å². The molecule has 8 heteroatoms. The summed E-state index contributed by atoms with van der Waals surface area (Å²) >= 11 is 5.47. The van der Waals surface area contributed by atoms with Gasteiger partial charge in [0.05, 0.1) is 11.3 Å². The van der Waals surface area contributed by atoms with Crippen molar-refractivity contribution in [1.82, 2.24) is 9.78 Å². The Bertz CT molecular complexity index is 388. The van der Waals surface area contributed by atoms with Crippen molar-refractivity contribution in [3.63, 3.8) is 0 Å². The second-order valence-corrected chi connectivity index (χ2v) is 2.96. The Kier molecular flexibility index (Phi) is 2.70. The van der Waals surface area contributed by atoms with Crippen LogP contribution >= 0.6 is 11.6 Å². The molecular weight excluding hydrogens is 214 g/mol. The predicted molar refractivity (Wildman–Crippen MR) is 46.2 cm³/mol. The summed E-state index contributed by atoms with van der Waals surface area (Å²) in [6, 6.07) is -0.985. The van der Waals surface area contributed by atoms with Crippen molar-refractivity contribution >= 4 is 23.4 Å². The second-order valence-electron chi connectivity index (χ2n) is 2.55. The van der Waals surface area contributed by atoms with Crippen LogP contribution in [0.15, 0.2) is 6.20 Å². The van der Waals surface area contributed by atoms with Crippen molar-refractivity contribution < 1.29 is 14.8 Å². The lowest BCUT2D eigenvalue weighted by Crippen LogP contribution is -2.16. The van der Waals surface area contributed by atoms with E-state index in [-0.39, 0.29) is 5.02 Å². The third kappa shape index (κ3) is 1.82. The number of aromatic nitrogens is 2. The van der Waals surface area contributed by atoms with Crippen LogP contribution in [-0.2, 0) is 4.79 Å². The number of nitrogens with zero attached hydrogens (tertiary/aromatic N) is 3. The molecule has 1 rings (SSSR count). The van der Waals surface area contributed by atoms with E-state index in [1.807, 2.05) is 0 Å². The number of carboxylic acids is 1. The number of halogens is 1. The fourth-order valence-corrected chi connectivity index (χ4v) is 1.00. The SMILES string of the molecule is C[C@H](C(=O)O)n1cc(Cl)c([N+](=O)[O-])n1. The van der Waals surface area contributed by atoms with Gasteiger partial charge in [-0.3, -0.25) is 0 Å². The number of carboxylic acid groups (broad SMARTS) is 1. The molecule has 1 aromatic heterocycles. The van der Waals surface area contributed by atoms with Crippen LogP contribution in [0.2, 0.25) is 5.02 Å². The van der Waals surface area contributed by atoms with Crippen LogP contribution in [-0.4, -0.2) is 25.8 Å². The van der Waals surface area contributed by atoms with Crippen molar-refractivity contribution in [3.8, 4) is 0 Å². The third-order valence-corrected chi connectivity index (χ3v) is 1.86. The molecule has 0 aliphatic rings. The zero-order valence-corrected chi connectivity index (χ0v) is 7.80. The van der Waals surface area contributed by atoms with E-state index in [0.717, 1.165) is 10.9 Å². The molecule has 0 fully saturated rings. The van der Waals surface area contributed by atoms with E-state index >= 15 is 0 Å². The minimum absolute atomic E-state index is 0.178. The standard InChI is InChI=1S/C6H6ClN3O4/c1-3(6(11)12)9-2-4(7)5(8-9)10(13)14/h2-3H,1H3,(H,11,12)/t3-/m1/s1. The Morgan fingerprint density at radius 2 is 2.43 bits per heavy atom. The van der Waals surface area contributed by atoms with Crippen molar-refractivity contribution in [1.29, 1.82) is 0 Å². The van der Waals surface area contributed by atoms with E-state index in [0.29, 0.717) is 0 Å². The molecule has 0 aliphatic carbocycles. The molecule has 1 atom stereocenters. The lowest BCUT2D eigenvalue weighted by molar-refractivity contribution is -0.389. The normalized spacial score (nSPS) is 12.4. The van der Waals surface area contributed by atoms with Crippen LogP contribution < -0.4 is 0 Å². The average Bonchev–Trinajstić information content (AvgIpc) is 2.45. The van der Waals surface area contributed by atoms with Gasteiger partial charge in [-0.2, -0.15) is 4.68 Å². The van der Waals surface area contributed by atoms with E-state index in [2.05, 4.69) is 5.10 Å². The molecule has 0 radical (unpaired) electrons. The first-order valence-corrected chi connectivity index (χ1v) is 3.93. The quantitative estimate of drug-likeness (QED) is 0.606. The highest BCUT2D eigenvalue weighted by molar-refractivity contribution is 6.32. The maximum atomic E-state index is 10.5. The van der Waals surface area contributed by atoms with Gasteiger partial charge in [0.25, 0.3) is 0 Å². The van der Waals surface area contributed by atoms with Crippen LogP contribution in [0.5, 0.6) is 0 Å². The van der Waals surface area contributed by atoms with Crippen LogP contribution in [0, 0.1) is 10.1 Å². The smallest absolute Gasteiger partial charge is 0.408 e. The van der Waals surface area contributed by atoms with Crippen molar-refractivity contribution in [2.24, 2.45) is 0 Å². The number of hydrogen-bond donors (Lipinski definition) is 1. The van der Waals surface area contributed by atoms with Gasteiger partial charge in [0.15, 0.2) is 11.1 Å². The molecule has 1 heterocycles. The highest BCUT2D eigenvalue weighted by Gasteiger charge is 2.24. The number of hydrogen-bond acceptors (Lipinski definition) is 4. The van der Waals surface area contributed by atoms with E-state index in [1.165, 1.54) is 6.92 Å². The van der Waals surface area contributed by atoms with E-state index < -0.39 is 22.8 Å². The molecule has 0 saturated heterocycles. The largest absolute Gasteiger partial charge is 0.480 e. The molecule has 0 saturated carbocycles. The molecule has 0 bridgehead atoms. The first kappa shape index (κ1) is 10.5. The lowest BCUT2D eigenvalue weighted by atomic mass is 10.4. The predicted octanol–water partition coefficient (Wildman–Crippen LogP) is 1.09. The molecular formula is C6H6ClN3O4. The highest BCUT2D eigenvalue weighted by Crippen LogP contribution is 2.23. The van der Waals surface area contributed by atoms with Gasteiger partial charge in [-0.25, -0.2) is 4.79 Å². The van der Waals surface area contributed by atoms with Gasteiger partial charge in [-0.05, 0) is 11.8 Å². The van der Waals surface area contributed by atoms with Gasteiger partial charge in [0, 0.05) is 0 Å². The van der Waals surface area contributed by atoms with E-state index in [1.54, 1.807) is 0 Å². The summed E-state index contributed by atoms with van der Waals surface area (Å²) in [5, 5.41) is 22.2. The Balaban J connectivity index is 3.08. The average molecular weight is 220 g/mol. The first-order valence-electron chi connectivity index (χ1n) is 3.55. The topological polar surface area (TPSA) is 98.3 Å². The van der Waals surface area contributed by atoms with E-state index in [4.69, 9.17) is 16.7 Å². The van der Waals surface area contributed by atoms with Crippen LogP contribution in [0.25, 0.3) is 0 Å². The molecule has 0 aliphatic heterocycles. The van der Waals surface area contributed by atoms with Crippen molar-refractivity contribution in [2.75, 3.05) is 0 Å². The van der Waals surface area contributed by atoms with Gasteiger partial charge in [-0.15, -0.1) is 0 Å². The highest BCUT2D eigenvalue weighted by atomic mass is 35.5. The maximum Gasteiger partial charge on any atom is 0.408 e. The molecule has 0 spiro atoms. The van der Waals surface area contributed by atoms with Crippen molar-refractivity contribution in [3.05, 3.63) is 21.3 Å². The monoisotopic (exact) mass is 219 g/mol. The summed E-state index contributed by atoms with van der Waals surface area (Å²) in [6.07, 6.45) is 1.11. The molecule has 76 valence electrons. The van der Waals surface area contributed by atoms with Gasteiger partial charge < -0.3 is 15.2 Å². The van der Waals surface area contributed by atoms with Gasteiger partial charge in [0.2, 0.25) is 0 Å². The van der Waals surface area contributed by atoms with Crippen LogP contribution in [0.3, 0.4) is 0 Å². The summed E-state index contributed by atoms with van der Waals surface area (Å²) in [5.74, 6) is -1.68. The maximum absolute atomic E-state index is 10.5. The summed E-state index contributed by atoms with van der Waals surface area (Å²) in [7, 11) is 0. The zero-order chi connectivity index (χ0) is 10.9. The number of carbonyl (C=O) groups is 1. The lowest BCUT2D eigenvalue weighted by Gasteiger charge is -1.99. The van der Waals surface area contributed by atoms with Crippen LogP contribution in [0.4, 0.5) is 5.82 Å². The van der Waals surface area contributed by atoms with Crippen LogP contribution in [0.1, 0.15) is 13.0 Å². The number of aliphatic carboxylic acids is 1. The molecule has 0 aromatic carbocycles. The van der Waals surface area contributed by atoms with Gasteiger partial charge in [0.1, 0.15) is 0 Å².